The Labute approximate surface area is 161 Å². The molecule has 0 saturated heterocycles. The first-order valence-electron chi connectivity index (χ1n) is 8.87. The standard InChI is InChI=1S/C20H20N4O4/c1-12(2)10-16(18(26)23-22-17(25)13-6-5-9-21-11-13)24-19(27)14-7-3-4-8-15(14)20(24)28/h3-9,11-12,16H,10H2,1-2H3,(H,22,25)(H,23,26)/t16-/m0/s1. The molecule has 1 aromatic carbocycles. The van der Waals surface area contributed by atoms with Crippen LogP contribution in [-0.2, 0) is 4.79 Å². The zero-order valence-electron chi connectivity index (χ0n) is 15.5. The van der Waals surface area contributed by atoms with Gasteiger partial charge in [0.15, 0.2) is 0 Å². The summed E-state index contributed by atoms with van der Waals surface area (Å²) in [5, 5.41) is 0. The molecule has 0 saturated carbocycles. The number of carbonyl (C=O) groups is 4. The number of hydrazine groups is 1. The summed E-state index contributed by atoms with van der Waals surface area (Å²) in [4.78, 5) is 55.1. The van der Waals surface area contributed by atoms with Crippen molar-refractivity contribution in [2.45, 2.75) is 26.3 Å². The smallest absolute Gasteiger partial charge is 0.271 e. The fourth-order valence-electron chi connectivity index (χ4n) is 3.04. The predicted octanol–water partition coefficient (Wildman–Crippen LogP) is 1.55. The lowest BCUT2D eigenvalue weighted by Gasteiger charge is -2.26. The molecule has 0 radical (unpaired) electrons. The van der Waals surface area contributed by atoms with Gasteiger partial charge in [-0.25, -0.2) is 0 Å². The van der Waals surface area contributed by atoms with Crippen LogP contribution in [0.2, 0.25) is 0 Å². The third-order valence-electron chi connectivity index (χ3n) is 4.36. The number of rotatable bonds is 5. The molecule has 0 fully saturated rings. The minimum Gasteiger partial charge on any atom is -0.271 e. The molecular formula is C20H20N4O4. The van der Waals surface area contributed by atoms with E-state index in [4.69, 9.17) is 0 Å². The van der Waals surface area contributed by atoms with Crippen LogP contribution in [0.15, 0.2) is 48.8 Å². The van der Waals surface area contributed by atoms with Crippen molar-refractivity contribution >= 4 is 23.6 Å². The average Bonchev–Trinajstić information content (AvgIpc) is 2.95. The second kappa shape index (κ2) is 7.99. The van der Waals surface area contributed by atoms with Gasteiger partial charge in [0.25, 0.3) is 23.6 Å². The van der Waals surface area contributed by atoms with Crippen molar-refractivity contribution < 1.29 is 19.2 Å². The van der Waals surface area contributed by atoms with Crippen molar-refractivity contribution in [1.82, 2.24) is 20.7 Å². The highest BCUT2D eigenvalue weighted by Crippen LogP contribution is 2.26. The summed E-state index contributed by atoms with van der Waals surface area (Å²) in [6.45, 7) is 3.76. The number of hydrogen-bond donors (Lipinski definition) is 2. The van der Waals surface area contributed by atoms with E-state index in [2.05, 4.69) is 15.8 Å². The zero-order chi connectivity index (χ0) is 20.3. The van der Waals surface area contributed by atoms with Crippen LogP contribution in [0.4, 0.5) is 0 Å². The van der Waals surface area contributed by atoms with Gasteiger partial charge in [0.1, 0.15) is 6.04 Å². The molecule has 0 bridgehead atoms. The second-order valence-electron chi connectivity index (χ2n) is 6.86. The normalized spacial score (nSPS) is 14.0. The van der Waals surface area contributed by atoms with Crippen LogP contribution in [0.5, 0.6) is 0 Å². The van der Waals surface area contributed by atoms with Crippen LogP contribution in [0.3, 0.4) is 0 Å². The first-order valence-corrected chi connectivity index (χ1v) is 8.87. The Hall–Kier alpha value is -3.55. The topological polar surface area (TPSA) is 108 Å². The summed E-state index contributed by atoms with van der Waals surface area (Å²) in [5.41, 5.74) is 5.43. The molecule has 2 heterocycles. The number of fused-ring (bicyclic) bond motifs is 1. The fourth-order valence-corrected chi connectivity index (χ4v) is 3.04. The van der Waals surface area contributed by atoms with E-state index in [1.54, 1.807) is 36.4 Å². The number of amides is 4. The zero-order valence-corrected chi connectivity index (χ0v) is 15.5. The quantitative estimate of drug-likeness (QED) is 0.604. The van der Waals surface area contributed by atoms with Crippen LogP contribution in [0, 0.1) is 5.92 Å². The van der Waals surface area contributed by atoms with Crippen molar-refractivity contribution in [3.8, 4) is 0 Å². The maximum atomic E-state index is 12.8. The van der Waals surface area contributed by atoms with Crippen LogP contribution >= 0.6 is 0 Å². The summed E-state index contributed by atoms with van der Waals surface area (Å²) >= 11 is 0. The second-order valence-corrected chi connectivity index (χ2v) is 6.86. The monoisotopic (exact) mass is 380 g/mol. The van der Waals surface area contributed by atoms with Gasteiger partial charge in [0.05, 0.1) is 16.7 Å². The largest absolute Gasteiger partial charge is 0.271 e. The van der Waals surface area contributed by atoms with Gasteiger partial charge >= 0.3 is 0 Å². The molecule has 0 spiro atoms. The minimum atomic E-state index is -1.04. The molecule has 4 amide bonds. The molecule has 8 nitrogen and oxygen atoms in total. The predicted molar refractivity (Wildman–Crippen MR) is 100 cm³/mol. The Morgan fingerprint density at radius 2 is 1.64 bits per heavy atom. The van der Waals surface area contributed by atoms with Crippen LogP contribution in [0.1, 0.15) is 51.3 Å². The van der Waals surface area contributed by atoms with Crippen molar-refractivity contribution in [3.05, 3.63) is 65.5 Å². The first-order chi connectivity index (χ1) is 13.4. The van der Waals surface area contributed by atoms with Gasteiger partial charge in [-0.2, -0.15) is 0 Å². The van der Waals surface area contributed by atoms with Crippen LogP contribution in [-0.4, -0.2) is 39.6 Å². The maximum absolute atomic E-state index is 12.8. The third kappa shape index (κ3) is 3.75. The van der Waals surface area contributed by atoms with E-state index >= 15 is 0 Å². The van der Waals surface area contributed by atoms with Crippen molar-refractivity contribution in [1.29, 1.82) is 0 Å². The molecule has 2 aromatic rings. The van der Waals surface area contributed by atoms with E-state index in [1.165, 1.54) is 12.4 Å². The van der Waals surface area contributed by atoms with Crippen LogP contribution < -0.4 is 10.9 Å². The Balaban J connectivity index is 1.77. The number of aromatic nitrogens is 1. The highest BCUT2D eigenvalue weighted by molar-refractivity contribution is 6.22. The summed E-state index contributed by atoms with van der Waals surface area (Å²) < 4.78 is 0. The van der Waals surface area contributed by atoms with E-state index in [9.17, 15) is 19.2 Å². The molecule has 1 aromatic heterocycles. The molecule has 3 rings (SSSR count). The van der Waals surface area contributed by atoms with E-state index in [1.807, 2.05) is 13.8 Å². The van der Waals surface area contributed by atoms with E-state index in [0.717, 1.165) is 4.90 Å². The number of carbonyl (C=O) groups excluding carboxylic acids is 4. The van der Waals surface area contributed by atoms with Gasteiger partial charge in [-0.3, -0.25) is 39.9 Å². The van der Waals surface area contributed by atoms with E-state index < -0.39 is 29.7 Å². The molecule has 8 heteroatoms. The molecule has 28 heavy (non-hydrogen) atoms. The Bertz CT molecular complexity index is 892. The van der Waals surface area contributed by atoms with E-state index in [-0.39, 0.29) is 29.0 Å². The third-order valence-corrected chi connectivity index (χ3v) is 4.36. The number of pyridine rings is 1. The highest BCUT2D eigenvalue weighted by Gasteiger charge is 2.42. The molecule has 144 valence electrons. The maximum Gasteiger partial charge on any atom is 0.271 e. The summed E-state index contributed by atoms with van der Waals surface area (Å²) in [6.07, 6.45) is 3.15. The lowest BCUT2D eigenvalue weighted by molar-refractivity contribution is -0.126. The van der Waals surface area contributed by atoms with Crippen molar-refractivity contribution in [3.63, 3.8) is 0 Å². The molecular weight excluding hydrogens is 360 g/mol. The SMILES string of the molecule is CC(C)C[C@@H](C(=O)NNC(=O)c1cccnc1)N1C(=O)c2ccccc2C1=O. The molecule has 1 aliphatic rings. The van der Waals surface area contributed by atoms with Crippen molar-refractivity contribution in [2.75, 3.05) is 0 Å². The summed E-state index contributed by atoms with van der Waals surface area (Å²) in [5.74, 6) is -2.18. The molecule has 2 N–H and O–H groups in total. The molecule has 1 atom stereocenters. The minimum absolute atomic E-state index is 0.0362. The van der Waals surface area contributed by atoms with Gasteiger partial charge in [0, 0.05) is 12.4 Å². The van der Waals surface area contributed by atoms with Gasteiger partial charge in [0.2, 0.25) is 0 Å². The fraction of sp³-hybridized carbons (Fsp3) is 0.250. The molecule has 0 unspecified atom stereocenters. The Morgan fingerprint density at radius 3 is 2.18 bits per heavy atom. The van der Waals surface area contributed by atoms with Gasteiger partial charge in [-0.05, 0) is 36.6 Å². The summed E-state index contributed by atoms with van der Waals surface area (Å²) in [7, 11) is 0. The Morgan fingerprint density at radius 1 is 1.00 bits per heavy atom. The lowest BCUT2D eigenvalue weighted by Crippen LogP contribution is -2.54. The van der Waals surface area contributed by atoms with Crippen LogP contribution in [0.25, 0.3) is 0 Å². The number of nitrogens with one attached hydrogen (secondary N) is 2. The number of benzene rings is 1. The summed E-state index contributed by atoms with van der Waals surface area (Å²) in [6, 6.07) is 8.55. The van der Waals surface area contributed by atoms with Gasteiger partial charge in [-0.15, -0.1) is 0 Å². The highest BCUT2D eigenvalue weighted by atomic mass is 16.2. The van der Waals surface area contributed by atoms with Crippen molar-refractivity contribution in [2.24, 2.45) is 5.92 Å². The average molecular weight is 380 g/mol. The van der Waals surface area contributed by atoms with E-state index in [0.29, 0.717) is 0 Å². The molecule has 1 aliphatic heterocycles. The Kier molecular flexibility index (Phi) is 5.49. The molecule has 0 aliphatic carbocycles. The number of imide groups is 1. The lowest BCUT2D eigenvalue weighted by atomic mass is 10.0. The van der Waals surface area contributed by atoms with Gasteiger partial charge in [-0.1, -0.05) is 26.0 Å². The first kappa shape index (κ1) is 19.2. The number of nitrogens with zero attached hydrogens (tertiary/aromatic N) is 2. The van der Waals surface area contributed by atoms with Gasteiger partial charge < -0.3 is 0 Å². The number of hydrogen-bond acceptors (Lipinski definition) is 5.